The summed E-state index contributed by atoms with van der Waals surface area (Å²) in [7, 11) is 0. The first-order valence-corrected chi connectivity index (χ1v) is 6.38. The topological polar surface area (TPSA) is 78.3 Å². The van der Waals surface area contributed by atoms with Crippen molar-refractivity contribution >= 4 is 5.82 Å². The van der Waals surface area contributed by atoms with Crippen molar-refractivity contribution < 1.29 is 10.2 Å². The molecule has 0 saturated heterocycles. The Morgan fingerprint density at radius 2 is 2.17 bits per heavy atom. The maximum atomic E-state index is 10.1. The summed E-state index contributed by atoms with van der Waals surface area (Å²) in [6, 6.07) is 0. The molecule has 102 valence electrons. The van der Waals surface area contributed by atoms with Crippen LogP contribution in [-0.4, -0.2) is 38.9 Å². The highest BCUT2D eigenvalue weighted by Crippen LogP contribution is 2.16. The van der Waals surface area contributed by atoms with Crippen molar-refractivity contribution in [2.45, 2.75) is 45.6 Å². The van der Waals surface area contributed by atoms with Crippen LogP contribution in [0.4, 0.5) is 5.82 Å². The van der Waals surface area contributed by atoms with Gasteiger partial charge < -0.3 is 15.5 Å². The van der Waals surface area contributed by atoms with Crippen LogP contribution in [-0.2, 0) is 6.42 Å². The van der Waals surface area contributed by atoms with Crippen LogP contribution in [0.3, 0.4) is 0 Å². The predicted molar refractivity (Wildman–Crippen MR) is 71.6 cm³/mol. The highest BCUT2D eigenvalue weighted by Gasteiger charge is 2.20. The van der Waals surface area contributed by atoms with E-state index < -0.39 is 5.60 Å². The molecule has 0 aliphatic heterocycles. The maximum Gasteiger partial charge on any atom is 0.132 e. The molecule has 0 aliphatic carbocycles. The average Bonchev–Trinajstić information content (AvgIpc) is 2.34. The van der Waals surface area contributed by atoms with Crippen LogP contribution in [0.2, 0.25) is 0 Å². The molecule has 0 aliphatic rings. The molecule has 0 spiro atoms. The highest BCUT2D eigenvalue weighted by molar-refractivity contribution is 5.43. The van der Waals surface area contributed by atoms with E-state index in [4.69, 9.17) is 5.11 Å². The molecule has 3 N–H and O–H groups in total. The lowest BCUT2D eigenvalue weighted by Crippen LogP contribution is -2.34. The van der Waals surface area contributed by atoms with Crippen LogP contribution in [0.15, 0.2) is 6.20 Å². The van der Waals surface area contributed by atoms with Crippen molar-refractivity contribution in [1.82, 2.24) is 9.97 Å². The van der Waals surface area contributed by atoms with Crippen LogP contribution in [0.5, 0.6) is 0 Å². The maximum absolute atomic E-state index is 10.1. The molecule has 0 amide bonds. The summed E-state index contributed by atoms with van der Waals surface area (Å²) < 4.78 is 0. The lowest BCUT2D eigenvalue weighted by Gasteiger charge is -2.24. The molecule has 0 bridgehead atoms. The monoisotopic (exact) mass is 253 g/mol. The fraction of sp³-hybridized carbons (Fsp3) is 0.692. The summed E-state index contributed by atoms with van der Waals surface area (Å²) in [5.74, 6) is 1.50. The van der Waals surface area contributed by atoms with Gasteiger partial charge in [-0.3, -0.25) is 0 Å². The first-order valence-electron chi connectivity index (χ1n) is 6.38. The molecule has 1 aromatic rings. The van der Waals surface area contributed by atoms with E-state index in [0.717, 1.165) is 17.8 Å². The average molecular weight is 253 g/mol. The molecule has 0 radical (unpaired) electrons. The van der Waals surface area contributed by atoms with E-state index in [1.807, 2.05) is 20.0 Å². The number of anilines is 1. The second-order valence-corrected chi connectivity index (χ2v) is 4.82. The van der Waals surface area contributed by atoms with Gasteiger partial charge in [-0.2, -0.15) is 0 Å². The Bertz CT molecular complexity index is 380. The summed E-state index contributed by atoms with van der Waals surface area (Å²) in [6.45, 7) is 6.16. The summed E-state index contributed by atoms with van der Waals surface area (Å²) in [5, 5.41) is 22.1. The molecule has 1 heterocycles. The predicted octanol–water partition coefficient (Wildman–Crippen LogP) is 1.28. The number of hydrogen-bond acceptors (Lipinski definition) is 5. The van der Waals surface area contributed by atoms with Crippen molar-refractivity contribution in [3.63, 3.8) is 0 Å². The van der Waals surface area contributed by atoms with E-state index in [1.165, 1.54) is 0 Å². The van der Waals surface area contributed by atoms with E-state index >= 15 is 0 Å². The minimum absolute atomic E-state index is 0.100. The number of aliphatic hydroxyl groups is 2. The Morgan fingerprint density at radius 1 is 1.44 bits per heavy atom. The first kappa shape index (κ1) is 14.9. The number of nitrogens with zero attached hydrogens (tertiary/aromatic N) is 2. The SMILES string of the molecule is CCc1cnc(C)nc1NCC(C)(O)CCCO. The van der Waals surface area contributed by atoms with Gasteiger partial charge in [-0.1, -0.05) is 6.92 Å². The summed E-state index contributed by atoms with van der Waals surface area (Å²) in [6.07, 6.45) is 3.81. The quantitative estimate of drug-likeness (QED) is 0.682. The Morgan fingerprint density at radius 3 is 2.78 bits per heavy atom. The van der Waals surface area contributed by atoms with Crippen molar-refractivity contribution in [3.05, 3.63) is 17.6 Å². The smallest absolute Gasteiger partial charge is 0.132 e. The van der Waals surface area contributed by atoms with Gasteiger partial charge in [-0.25, -0.2) is 9.97 Å². The standard InChI is InChI=1S/C13H23N3O2/c1-4-11-8-14-10(2)16-12(11)15-9-13(3,18)6-5-7-17/h8,17-18H,4-7,9H2,1-3H3,(H,14,15,16). The van der Waals surface area contributed by atoms with Crippen LogP contribution in [0, 0.1) is 6.92 Å². The molecule has 0 saturated carbocycles. The largest absolute Gasteiger partial charge is 0.396 e. The van der Waals surface area contributed by atoms with Gasteiger partial charge in [0.15, 0.2) is 0 Å². The zero-order chi connectivity index (χ0) is 13.6. The number of rotatable bonds is 7. The number of aliphatic hydroxyl groups excluding tert-OH is 1. The van der Waals surface area contributed by atoms with E-state index in [9.17, 15) is 5.11 Å². The lowest BCUT2D eigenvalue weighted by atomic mass is 10.0. The van der Waals surface area contributed by atoms with Gasteiger partial charge in [-0.05, 0) is 33.1 Å². The Labute approximate surface area is 108 Å². The van der Waals surface area contributed by atoms with Crippen molar-refractivity contribution in [3.8, 4) is 0 Å². The van der Waals surface area contributed by atoms with Crippen LogP contribution >= 0.6 is 0 Å². The van der Waals surface area contributed by atoms with E-state index in [0.29, 0.717) is 25.2 Å². The van der Waals surface area contributed by atoms with Gasteiger partial charge in [0.2, 0.25) is 0 Å². The van der Waals surface area contributed by atoms with E-state index in [2.05, 4.69) is 15.3 Å². The molecule has 1 unspecified atom stereocenters. The Kier molecular flexibility index (Phi) is 5.50. The van der Waals surface area contributed by atoms with E-state index in [1.54, 1.807) is 6.92 Å². The van der Waals surface area contributed by atoms with Gasteiger partial charge in [0.05, 0.1) is 5.60 Å². The van der Waals surface area contributed by atoms with Crippen LogP contribution in [0.1, 0.15) is 38.1 Å². The minimum atomic E-state index is -0.841. The second-order valence-electron chi connectivity index (χ2n) is 4.82. The molecule has 0 aromatic carbocycles. The Hall–Kier alpha value is -1.20. The zero-order valence-electron chi connectivity index (χ0n) is 11.4. The Balaban J connectivity index is 2.64. The number of hydrogen-bond donors (Lipinski definition) is 3. The van der Waals surface area contributed by atoms with Gasteiger partial charge in [-0.15, -0.1) is 0 Å². The fourth-order valence-electron chi connectivity index (χ4n) is 1.73. The minimum Gasteiger partial charge on any atom is -0.396 e. The molecule has 18 heavy (non-hydrogen) atoms. The summed E-state index contributed by atoms with van der Waals surface area (Å²) in [5.41, 5.74) is 0.200. The number of aryl methyl sites for hydroxylation is 2. The molecule has 0 fully saturated rings. The third-order valence-corrected chi connectivity index (χ3v) is 2.88. The molecule has 5 nitrogen and oxygen atoms in total. The molecular formula is C13H23N3O2. The third kappa shape index (κ3) is 4.58. The van der Waals surface area contributed by atoms with Gasteiger partial charge in [0.1, 0.15) is 11.6 Å². The molecular weight excluding hydrogens is 230 g/mol. The molecule has 5 heteroatoms. The van der Waals surface area contributed by atoms with Crippen molar-refractivity contribution in [2.75, 3.05) is 18.5 Å². The van der Waals surface area contributed by atoms with Crippen LogP contribution in [0.25, 0.3) is 0 Å². The number of nitrogens with one attached hydrogen (secondary N) is 1. The number of aromatic nitrogens is 2. The normalized spacial score (nSPS) is 14.3. The fourth-order valence-corrected chi connectivity index (χ4v) is 1.73. The van der Waals surface area contributed by atoms with Crippen molar-refractivity contribution in [1.29, 1.82) is 0 Å². The molecule has 1 aromatic heterocycles. The third-order valence-electron chi connectivity index (χ3n) is 2.88. The van der Waals surface area contributed by atoms with Crippen molar-refractivity contribution in [2.24, 2.45) is 0 Å². The van der Waals surface area contributed by atoms with Gasteiger partial charge >= 0.3 is 0 Å². The summed E-state index contributed by atoms with van der Waals surface area (Å²) in [4.78, 5) is 8.50. The molecule has 1 rings (SSSR count). The second kappa shape index (κ2) is 6.66. The van der Waals surface area contributed by atoms with Crippen LogP contribution < -0.4 is 5.32 Å². The lowest BCUT2D eigenvalue weighted by molar-refractivity contribution is 0.0565. The zero-order valence-corrected chi connectivity index (χ0v) is 11.4. The first-order chi connectivity index (χ1) is 8.48. The summed E-state index contributed by atoms with van der Waals surface area (Å²) >= 11 is 0. The van der Waals surface area contributed by atoms with E-state index in [-0.39, 0.29) is 6.61 Å². The molecule has 1 atom stereocenters. The van der Waals surface area contributed by atoms with Gasteiger partial charge in [0, 0.05) is 24.9 Å². The van der Waals surface area contributed by atoms with Gasteiger partial charge in [0.25, 0.3) is 0 Å². The highest BCUT2D eigenvalue weighted by atomic mass is 16.3.